The molecule has 1 unspecified atom stereocenters. The van der Waals surface area contributed by atoms with Crippen molar-refractivity contribution in [2.45, 2.75) is 13.0 Å². The number of hydrogen-bond acceptors (Lipinski definition) is 4. The van der Waals surface area contributed by atoms with Crippen LogP contribution in [-0.4, -0.2) is 17.0 Å². The molecule has 3 aromatic rings. The molecule has 3 rings (SSSR count). The summed E-state index contributed by atoms with van der Waals surface area (Å²) < 4.78 is 10.9. The molecule has 0 saturated carbocycles. The summed E-state index contributed by atoms with van der Waals surface area (Å²) in [4.78, 5) is 23.2. The van der Waals surface area contributed by atoms with Gasteiger partial charge in [-0.1, -0.05) is 23.7 Å². The van der Waals surface area contributed by atoms with E-state index in [2.05, 4.69) is 5.32 Å². The molecule has 138 valence electrons. The van der Waals surface area contributed by atoms with E-state index < -0.39 is 12.1 Å². The van der Waals surface area contributed by atoms with Crippen molar-refractivity contribution in [2.75, 3.05) is 5.32 Å². The molecule has 0 bridgehead atoms. The Bertz CT molecular complexity index is 965. The van der Waals surface area contributed by atoms with Crippen molar-refractivity contribution < 1.29 is 23.8 Å². The van der Waals surface area contributed by atoms with E-state index in [1.807, 2.05) is 0 Å². The number of halogens is 1. The molecule has 0 radical (unpaired) electrons. The third kappa shape index (κ3) is 4.48. The molecule has 1 heterocycles. The summed E-state index contributed by atoms with van der Waals surface area (Å²) in [6, 6.07) is 16.5. The fourth-order valence-electron chi connectivity index (χ4n) is 2.39. The molecule has 7 heteroatoms. The number of carbonyl (C=O) groups excluding carboxylic acids is 1. The molecule has 0 aliphatic carbocycles. The summed E-state index contributed by atoms with van der Waals surface area (Å²) in [5, 5.41) is 12.1. The van der Waals surface area contributed by atoms with Crippen LogP contribution in [0, 0.1) is 0 Å². The van der Waals surface area contributed by atoms with E-state index in [1.54, 1.807) is 61.5 Å². The number of ether oxygens (including phenoxy) is 1. The Morgan fingerprint density at radius 1 is 1.07 bits per heavy atom. The van der Waals surface area contributed by atoms with Crippen LogP contribution in [0.2, 0.25) is 5.02 Å². The third-order valence-corrected chi connectivity index (χ3v) is 4.12. The van der Waals surface area contributed by atoms with E-state index in [-0.39, 0.29) is 11.7 Å². The van der Waals surface area contributed by atoms with Gasteiger partial charge in [0.2, 0.25) is 5.76 Å². The van der Waals surface area contributed by atoms with Gasteiger partial charge in [-0.2, -0.15) is 0 Å². The lowest BCUT2D eigenvalue weighted by atomic mass is 10.2. The van der Waals surface area contributed by atoms with Gasteiger partial charge in [0.05, 0.1) is 10.7 Å². The number of carboxylic acids is 1. The maximum Gasteiger partial charge on any atom is 0.371 e. The molecule has 0 fully saturated rings. The highest BCUT2D eigenvalue weighted by Gasteiger charge is 2.16. The zero-order chi connectivity index (χ0) is 19.4. The minimum absolute atomic E-state index is 0.146. The first-order chi connectivity index (χ1) is 12.9. The van der Waals surface area contributed by atoms with Gasteiger partial charge in [-0.15, -0.1) is 0 Å². The molecule has 0 saturated heterocycles. The van der Waals surface area contributed by atoms with Crippen molar-refractivity contribution in [3.05, 3.63) is 82.8 Å². The number of benzene rings is 2. The number of furan rings is 1. The standard InChI is InChI=1S/C20H16ClNO5/c1-12(17-10-11-18(27-17)20(24)25)26-14-8-6-13(7-9-14)19(23)22-16-5-3-2-4-15(16)21/h2-12H,1H3,(H,22,23)(H,24,25). The van der Waals surface area contributed by atoms with Crippen molar-refractivity contribution >= 4 is 29.2 Å². The number of carbonyl (C=O) groups is 2. The second-order valence-corrected chi connectivity index (χ2v) is 6.13. The second kappa shape index (κ2) is 7.97. The van der Waals surface area contributed by atoms with E-state index in [9.17, 15) is 9.59 Å². The lowest BCUT2D eigenvalue weighted by Crippen LogP contribution is -2.12. The second-order valence-electron chi connectivity index (χ2n) is 5.73. The van der Waals surface area contributed by atoms with Gasteiger partial charge < -0.3 is 19.6 Å². The molecular formula is C20H16ClNO5. The number of anilines is 1. The molecule has 2 N–H and O–H groups in total. The normalized spacial score (nSPS) is 11.6. The van der Waals surface area contributed by atoms with E-state index in [0.29, 0.717) is 27.8 Å². The Morgan fingerprint density at radius 3 is 2.41 bits per heavy atom. The maximum atomic E-state index is 12.3. The van der Waals surface area contributed by atoms with Crippen molar-refractivity contribution in [3.63, 3.8) is 0 Å². The Hall–Kier alpha value is -3.25. The first-order valence-electron chi connectivity index (χ1n) is 8.09. The summed E-state index contributed by atoms with van der Waals surface area (Å²) >= 11 is 6.04. The Balaban J connectivity index is 1.65. The first kappa shape index (κ1) is 18.5. The van der Waals surface area contributed by atoms with Crippen LogP contribution in [0.5, 0.6) is 5.75 Å². The number of hydrogen-bond donors (Lipinski definition) is 2. The summed E-state index contributed by atoms with van der Waals surface area (Å²) in [5.41, 5.74) is 0.978. The molecule has 0 aliphatic rings. The predicted molar refractivity (Wildman–Crippen MR) is 101 cm³/mol. The number of amides is 1. The minimum Gasteiger partial charge on any atom is -0.483 e. The number of carboxylic acid groups (broad SMARTS) is 1. The SMILES string of the molecule is CC(Oc1ccc(C(=O)Nc2ccccc2Cl)cc1)c1ccc(C(=O)O)o1. The molecule has 1 aromatic heterocycles. The van der Waals surface area contributed by atoms with Gasteiger partial charge in [0.25, 0.3) is 5.91 Å². The van der Waals surface area contributed by atoms with E-state index in [1.165, 1.54) is 6.07 Å². The van der Waals surface area contributed by atoms with E-state index in [4.69, 9.17) is 25.9 Å². The smallest absolute Gasteiger partial charge is 0.371 e. The highest BCUT2D eigenvalue weighted by atomic mass is 35.5. The summed E-state index contributed by atoms with van der Waals surface area (Å²) in [7, 11) is 0. The van der Waals surface area contributed by atoms with Crippen LogP contribution in [0.1, 0.15) is 39.7 Å². The van der Waals surface area contributed by atoms with Gasteiger partial charge in [-0.05, 0) is 55.5 Å². The van der Waals surface area contributed by atoms with Crippen molar-refractivity contribution in [1.82, 2.24) is 0 Å². The Kier molecular flexibility index (Phi) is 5.47. The number of rotatable bonds is 6. The lowest BCUT2D eigenvalue weighted by molar-refractivity contribution is 0.0655. The van der Waals surface area contributed by atoms with Crippen molar-refractivity contribution in [1.29, 1.82) is 0 Å². The van der Waals surface area contributed by atoms with E-state index >= 15 is 0 Å². The molecule has 6 nitrogen and oxygen atoms in total. The van der Waals surface area contributed by atoms with Crippen LogP contribution < -0.4 is 10.1 Å². The Morgan fingerprint density at radius 2 is 1.78 bits per heavy atom. The van der Waals surface area contributed by atoms with Gasteiger partial charge >= 0.3 is 5.97 Å². The van der Waals surface area contributed by atoms with Crippen molar-refractivity contribution in [2.24, 2.45) is 0 Å². The van der Waals surface area contributed by atoms with Crippen LogP contribution in [0.4, 0.5) is 5.69 Å². The van der Waals surface area contributed by atoms with Crippen molar-refractivity contribution in [3.8, 4) is 5.75 Å². The monoisotopic (exact) mass is 385 g/mol. The highest BCUT2D eigenvalue weighted by Crippen LogP contribution is 2.25. The minimum atomic E-state index is -1.14. The van der Waals surface area contributed by atoms with Gasteiger partial charge in [0.15, 0.2) is 6.10 Å². The molecule has 0 spiro atoms. The fraction of sp³-hybridized carbons (Fsp3) is 0.100. The Labute approximate surface area is 160 Å². The zero-order valence-electron chi connectivity index (χ0n) is 14.3. The number of nitrogens with one attached hydrogen (secondary N) is 1. The largest absolute Gasteiger partial charge is 0.483 e. The average Bonchev–Trinajstić information content (AvgIpc) is 3.15. The summed E-state index contributed by atoms with van der Waals surface area (Å²) in [6.07, 6.45) is -0.485. The predicted octanol–water partition coefficient (Wildman–Crippen LogP) is 5.02. The van der Waals surface area contributed by atoms with Crippen LogP contribution >= 0.6 is 11.6 Å². The molecule has 1 amide bonds. The van der Waals surface area contributed by atoms with Crippen LogP contribution in [0.15, 0.2) is 65.1 Å². The molecule has 27 heavy (non-hydrogen) atoms. The van der Waals surface area contributed by atoms with Gasteiger partial charge in [-0.25, -0.2) is 4.79 Å². The molecular weight excluding hydrogens is 370 g/mol. The first-order valence-corrected chi connectivity index (χ1v) is 8.47. The molecule has 1 atom stereocenters. The average molecular weight is 386 g/mol. The zero-order valence-corrected chi connectivity index (χ0v) is 15.1. The lowest BCUT2D eigenvalue weighted by Gasteiger charge is -2.13. The van der Waals surface area contributed by atoms with Crippen LogP contribution in [0.25, 0.3) is 0 Å². The quantitative estimate of drug-likeness (QED) is 0.621. The summed E-state index contributed by atoms with van der Waals surface area (Å²) in [6.45, 7) is 1.74. The van der Waals surface area contributed by atoms with Gasteiger partial charge in [0.1, 0.15) is 11.5 Å². The topological polar surface area (TPSA) is 88.8 Å². The number of aromatic carboxylic acids is 1. The van der Waals surface area contributed by atoms with E-state index in [0.717, 1.165) is 0 Å². The molecule has 0 aliphatic heterocycles. The van der Waals surface area contributed by atoms with Crippen LogP contribution in [0.3, 0.4) is 0 Å². The van der Waals surface area contributed by atoms with Gasteiger partial charge in [-0.3, -0.25) is 4.79 Å². The molecule has 2 aromatic carbocycles. The fourth-order valence-corrected chi connectivity index (χ4v) is 2.57. The highest BCUT2D eigenvalue weighted by molar-refractivity contribution is 6.33. The van der Waals surface area contributed by atoms with Gasteiger partial charge in [0, 0.05) is 5.56 Å². The third-order valence-electron chi connectivity index (χ3n) is 3.79. The van der Waals surface area contributed by atoms with Crippen LogP contribution in [-0.2, 0) is 0 Å². The maximum absolute atomic E-state index is 12.3. The summed E-state index contributed by atoms with van der Waals surface area (Å²) in [5.74, 6) is -0.660. The number of para-hydroxylation sites is 1.